The second-order valence-corrected chi connectivity index (χ2v) is 13.3. The number of imide groups is 2. The minimum Gasteiger partial charge on any atom is -0.457 e. The number of hydrogen-bond donors (Lipinski definition) is 2. The monoisotopic (exact) mass is 748 g/mol. The van der Waals surface area contributed by atoms with E-state index in [1.807, 2.05) is 12.1 Å². The predicted octanol–water partition coefficient (Wildman–Crippen LogP) is 8.74. The van der Waals surface area contributed by atoms with Gasteiger partial charge in [0.1, 0.15) is 11.5 Å². The number of nitrogens with one attached hydrogen (secondary N) is 2. The Bertz CT molecular complexity index is 2840. The van der Waals surface area contributed by atoms with E-state index >= 15 is 0 Å². The van der Waals surface area contributed by atoms with Gasteiger partial charge in [-0.25, -0.2) is 9.80 Å². The summed E-state index contributed by atoms with van der Waals surface area (Å²) in [6.45, 7) is 0. The van der Waals surface area contributed by atoms with E-state index in [0.29, 0.717) is 45.0 Å². The standard InChI is InChI=1S/C46H28N4O7/c51-41(47-29-9-3-1-4-10-29)27-17-23-35-37(25-27)45(55)49(43(35)53)31-19-21-32(22-20-31)57-40-16-8-13-33-34(40)14-7-15-39(33)50-44(54)36-24-18-28(26-38(36)46(50)56)42(52)48-30-11-5-2-6-12-30/h1-26H,(H,47,51)(H,48,52). The molecule has 11 nitrogen and oxygen atoms in total. The van der Waals surface area contributed by atoms with Gasteiger partial charge in [-0.3, -0.25) is 28.8 Å². The number of benzene rings is 7. The molecular formula is C46H28N4O7. The number of carbonyl (C=O) groups is 6. The van der Waals surface area contributed by atoms with E-state index in [4.69, 9.17) is 4.74 Å². The van der Waals surface area contributed by atoms with Crippen LogP contribution < -0.4 is 25.2 Å². The van der Waals surface area contributed by atoms with Gasteiger partial charge < -0.3 is 15.4 Å². The van der Waals surface area contributed by atoms with Gasteiger partial charge in [-0.05, 0) is 97.1 Å². The zero-order valence-electron chi connectivity index (χ0n) is 29.8. The average molecular weight is 749 g/mol. The van der Waals surface area contributed by atoms with Crippen molar-refractivity contribution in [3.05, 3.63) is 191 Å². The highest BCUT2D eigenvalue weighted by molar-refractivity contribution is 6.37. The van der Waals surface area contributed by atoms with E-state index < -0.39 is 35.4 Å². The first-order chi connectivity index (χ1) is 27.7. The maximum Gasteiger partial charge on any atom is 0.266 e. The molecule has 0 aliphatic carbocycles. The van der Waals surface area contributed by atoms with Gasteiger partial charge >= 0.3 is 0 Å². The second kappa shape index (κ2) is 13.9. The summed E-state index contributed by atoms with van der Waals surface area (Å²) in [4.78, 5) is 82.4. The fraction of sp³-hybridized carbons (Fsp3) is 0. The molecule has 2 heterocycles. The van der Waals surface area contributed by atoms with Crippen molar-refractivity contribution in [2.24, 2.45) is 0 Å². The Morgan fingerprint density at radius 3 is 1.51 bits per heavy atom. The Balaban J connectivity index is 0.933. The lowest BCUT2D eigenvalue weighted by molar-refractivity contribution is 0.0910. The van der Waals surface area contributed by atoms with Gasteiger partial charge in [0.2, 0.25) is 0 Å². The maximum atomic E-state index is 13.8. The lowest BCUT2D eigenvalue weighted by atomic mass is 10.1. The van der Waals surface area contributed by atoms with Crippen molar-refractivity contribution in [2.45, 2.75) is 0 Å². The van der Waals surface area contributed by atoms with Gasteiger partial charge in [-0.15, -0.1) is 0 Å². The van der Waals surface area contributed by atoms with Gasteiger partial charge in [-0.2, -0.15) is 0 Å². The van der Waals surface area contributed by atoms with E-state index in [1.165, 1.54) is 36.4 Å². The zero-order chi connectivity index (χ0) is 39.2. The molecule has 11 heteroatoms. The van der Waals surface area contributed by atoms with Gasteiger partial charge in [0.15, 0.2) is 0 Å². The summed E-state index contributed by atoms with van der Waals surface area (Å²) in [7, 11) is 0. The molecule has 7 aromatic rings. The molecule has 0 saturated heterocycles. The lowest BCUT2D eigenvalue weighted by Crippen LogP contribution is -2.29. The number of fused-ring (bicyclic) bond motifs is 3. The molecule has 0 aromatic heterocycles. The van der Waals surface area contributed by atoms with Crippen LogP contribution in [0.25, 0.3) is 10.8 Å². The largest absolute Gasteiger partial charge is 0.457 e. The number of nitrogens with zero attached hydrogens (tertiary/aromatic N) is 2. The van der Waals surface area contributed by atoms with Crippen LogP contribution in [0.5, 0.6) is 11.5 Å². The molecule has 57 heavy (non-hydrogen) atoms. The molecule has 2 N–H and O–H groups in total. The first-order valence-corrected chi connectivity index (χ1v) is 17.8. The van der Waals surface area contributed by atoms with Crippen LogP contribution in [0.3, 0.4) is 0 Å². The summed E-state index contributed by atoms with van der Waals surface area (Å²) in [6.07, 6.45) is 0. The van der Waals surface area contributed by atoms with E-state index in [0.717, 1.165) is 9.80 Å². The number of rotatable bonds is 8. The number of amides is 6. The molecule has 2 aliphatic heterocycles. The third-order valence-corrected chi connectivity index (χ3v) is 9.78. The van der Waals surface area contributed by atoms with Gasteiger partial charge in [0.25, 0.3) is 35.4 Å². The molecule has 274 valence electrons. The Morgan fingerprint density at radius 2 is 0.930 bits per heavy atom. The number of ether oxygens (including phenoxy) is 1. The van der Waals surface area contributed by atoms with Gasteiger partial charge in [0, 0.05) is 33.3 Å². The van der Waals surface area contributed by atoms with E-state index in [2.05, 4.69) is 10.6 Å². The maximum absolute atomic E-state index is 13.8. The first-order valence-electron chi connectivity index (χ1n) is 17.8. The van der Waals surface area contributed by atoms with Gasteiger partial charge in [0.05, 0.1) is 33.6 Å². The summed E-state index contributed by atoms with van der Waals surface area (Å²) >= 11 is 0. The smallest absolute Gasteiger partial charge is 0.266 e. The minimum absolute atomic E-state index is 0.122. The van der Waals surface area contributed by atoms with Crippen molar-refractivity contribution >= 4 is 69.0 Å². The number of para-hydroxylation sites is 2. The molecule has 6 amide bonds. The molecule has 0 fully saturated rings. The summed E-state index contributed by atoms with van der Waals surface area (Å²) in [6, 6.07) is 43.6. The molecule has 7 aromatic carbocycles. The van der Waals surface area contributed by atoms with Crippen LogP contribution in [0.4, 0.5) is 22.7 Å². The molecule has 0 saturated carbocycles. The van der Waals surface area contributed by atoms with Crippen molar-refractivity contribution < 1.29 is 33.5 Å². The van der Waals surface area contributed by atoms with Crippen molar-refractivity contribution in [1.29, 1.82) is 0 Å². The Labute approximate surface area is 324 Å². The van der Waals surface area contributed by atoms with Crippen LogP contribution in [0, 0.1) is 0 Å². The van der Waals surface area contributed by atoms with Crippen molar-refractivity contribution in [3.63, 3.8) is 0 Å². The summed E-state index contributed by atoms with van der Waals surface area (Å²) in [5.41, 5.74) is 2.96. The molecule has 0 unspecified atom stereocenters. The molecular weight excluding hydrogens is 721 g/mol. The minimum atomic E-state index is -0.557. The van der Waals surface area contributed by atoms with Crippen LogP contribution >= 0.6 is 0 Å². The highest BCUT2D eigenvalue weighted by Gasteiger charge is 2.39. The SMILES string of the molecule is O=C(Nc1ccccc1)c1ccc2c(c1)C(=O)N(c1ccc(Oc3cccc4c(N5C(=O)c6ccc(C(=O)Nc7ccccc7)cc6C5=O)cccc34)cc1)C2=O. The van der Waals surface area contributed by atoms with Crippen molar-refractivity contribution in [2.75, 3.05) is 20.4 Å². The van der Waals surface area contributed by atoms with Crippen molar-refractivity contribution in [1.82, 2.24) is 0 Å². The molecule has 2 aliphatic rings. The molecule has 0 bridgehead atoms. The number of carbonyl (C=O) groups excluding carboxylic acids is 6. The van der Waals surface area contributed by atoms with E-state index in [9.17, 15) is 28.8 Å². The summed E-state index contributed by atoms with van der Waals surface area (Å²) < 4.78 is 6.27. The zero-order valence-corrected chi connectivity index (χ0v) is 29.8. The second-order valence-electron chi connectivity index (χ2n) is 13.3. The van der Waals surface area contributed by atoms with E-state index in [-0.39, 0.29) is 33.4 Å². The number of anilines is 4. The predicted molar refractivity (Wildman–Crippen MR) is 214 cm³/mol. The quantitative estimate of drug-likeness (QED) is 0.148. The molecule has 0 radical (unpaired) electrons. The molecule has 0 spiro atoms. The van der Waals surface area contributed by atoms with Crippen molar-refractivity contribution in [3.8, 4) is 11.5 Å². The van der Waals surface area contributed by atoms with Crippen LogP contribution in [0.15, 0.2) is 158 Å². The third kappa shape index (κ3) is 6.15. The summed E-state index contributed by atoms with van der Waals surface area (Å²) in [5.74, 6) is -2.13. The molecule has 0 atom stereocenters. The Morgan fingerprint density at radius 1 is 0.439 bits per heavy atom. The lowest BCUT2D eigenvalue weighted by Gasteiger charge is -2.18. The fourth-order valence-electron chi connectivity index (χ4n) is 7.01. The average Bonchev–Trinajstić information content (AvgIpc) is 3.64. The molecule has 9 rings (SSSR count). The summed E-state index contributed by atoms with van der Waals surface area (Å²) in [5, 5.41) is 6.77. The Kier molecular flexibility index (Phi) is 8.44. The first kappa shape index (κ1) is 34.6. The third-order valence-electron chi connectivity index (χ3n) is 9.78. The normalized spacial score (nSPS) is 13.1. The number of hydrogen-bond acceptors (Lipinski definition) is 7. The fourth-order valence-corrected chi connectivity index (χ4v) is 7.01. The van der Waals surface area contributed by atoms with Gasteiger partial charge in [-0.1, -0.05) is 60.7 Å². The van der Waals surface area contributed by atoms with Crippen LogP contribution in [-0.2, 0) is 0 Å². The van der Waals surface area contributed by atoms with Crippen LogP contribution in [0.1, 0.15) is 62.1 Å². The van der Waals surface area contributed by atoms with E-state index in [1.54, 1.807) is 109 Å². The van der Waals surface area contributed by atoms with Crippen LogP contribution in [-0.4, -0.2) is 35.4 Å². The topological polar surface area (TPSA) is 142 Å². The Hall–Kier alpha value is -8.18. The highest BCUT2D eigenvalue weighted by atomic mass is 16.5. The van der Waals surface area contributed by atoms with Crippen LogP contribution in [0.2, 0.25) is 0 Å². The highest BCUT2D eigenvalue weighted by Crippen LogP contribution is 2.39.